The number of aromatic nitrogens is 3. The van der Waals surface area contributed by atoms with Crippen LogP contribution in [0.25, 0.3) is 0 Å². The van der Waals surface area contributed by atoms with Crippen molar-refractivity contribution >= 4 is 23.5 Å². The van der Waals surface area contributed by atoms with Gasteiger partial charge in [-0.15, -0.1) is 0 Å². The molecule has 2 aromatic rings. The van der Waals surface area contributed by atoms with E-state index in [9.17, 15) is 4.79 Å². The minimum absolute atomic E-state index is 0.0235. The summed E-state index contributed by atoms with van der Waals surface area (Å²) in [6.45, 7) is 7.89. The number of hydrogen-bond acceptors (Lipinski definition) is 7. The highest BCUT2D eigenvalue weighted by atomic mass is 16.2. The molecule has 0 spiro atoms. The first-order valence-corrected chi connectivity index (χ1v) is 8.34. The molecule has 0 unspecified atom stereocenters. The number of anilines is 3. The number of rotatable bonds is 8. The van der Waals surface area contributed by atoms with Crippen molar-refractivity contribution in [2.45, 2.75) is 27.3 Å². The lowest BCUT2D eigenvalue weighted by atomic mass is 10.2. The molecule has 4 N–H and O–H groups in total. The number of aryl methyl sites for hydroxylation is 1. The van der Waals surface area contributed by atoms with Gasteiger partial charge in [-0.3, -0.25) is 9.69 Å². The molecule has 1 amide bonds. The Hall–Kier alpha value is -2.74. The SMILES string of the molecule is CCNC(=O)CN(CC)Cc1nc(N)nc(Nc2ccccc2C)n1. The van der Waals surface area contributed by atoms with Crippen molar-refractivity contribution in [2.75, 3.05) is 30.7 Å². The molecule has 2 rings (SSSR count). The number of likely N-dealkylation sites (N-methyl/N-ethyl adjacent to an activating group) is 2. The third kappa shape index (κ3) is 5.68. The average Bonchev–Trinajstić information content (AvgIpc) is 2.56. The molecule has 1 aromatic heterocycles. The topological polar surface area (TPSA) is 109 Å². The van der Waals surface area contributed by atoms with Gasteiger partial charge in [0.15, 0.2) is 0 Å². The van der Waals surface area contributed by atoms with Gasteiger partial charge in [-0.1, -0.05) is 25.1 Å². The van der Waals surface area contributed by atoms with Crippen LogP contribution in [0, 0.1) is 6.92 Å². The first-order chi connectivity index (χ1) is 12.0. The van der Waals surface area contributed by atoms with Crippen LogP contribution in [0.1, 0.15) is 25.2 Å². The summed E-state index contributed by atoms with van der Waals surface area (Å²) in [5.41, 5.74) is 7.81. The molecular weight excluding hydrogens is 318 g/mol. The number of benzene rings is 1. The van der Waals surface area contributed by atoms with E-state index in [2.05, 4.69) is 25.6 Å². The number of nitrogens with zero attached hydrogens (tertiary/aromatic N) is 4. The van der Waals surface area contributed by atoms with Gasteiger partial charge < -0.3 is 16.4 Å². The zero-order chi connectivity index (χ0) is 18.2. The summed E-state index contributed by atoms with van der Waals surface area (Å²) in [6.07, 6.45) is 0. The Morgan fingerprint density at radius 3 is 2.64 bits per heavy atom. The first kappa shape index (κ1) is 18.6. The number of carbonyl (C=O) groups is 1. The van der Waals surface area contributed by atoms with E-state index in [0.717, 1.165) is 11.3 Å². The Labute approximate surface area is 147 Å². The molecule has 0 saturated heterocycles. The summed E-state index contributed by atoms with van der Waals surface area (Å²) >= 11 is 0. The maximum atomic E-state index is 11.8. The molecule has 0 aliphatic heterocycles. The van der Waals surface area contributed by atoms with Crippen LogP contribution in [0.4, 0.5) is 17.6 Å². The summed E-state index contributed by atoms with van der Waals surface area (Å²) in [5, 5.41) is 5.95. The summed E-state index contributed by atoms with van der Waals surface area (Å²) in [6, 6.07) is 7.85. The molecule has 8 heteroatoms. The summed E-state index contributed by atoms with van der Waals surface area (Å²) < 4.78 is 0. The van der Waals surface area contributed by atoms with Crippen LogP contribution in [-0.2, 0) is 11.3 Å². The Balaban J connectivity index is 2.12. The van der Waals surface area contributed by atoms with Crippen molar-refractivity contribution < 1.29 is 4.79 Å². The summed E-state index contributed by atoms with van der Waals surface area (Å²) in [5.74, 6) is 1.04. The highest BCUT2D eigenvalue weighted by Gasteiger charge is 2.13. The number of nitrogen functional groups attached to an aromatic ring is 1. The largest absolute Gasteiger partial charge is 0.368 e. The average molecular weight is 343 g/mol. The van der Waals surface area contributed by atoms with Crippen molar-refractivity contribution in [1.82, 2.24) is 25.2 Å². The van der Waals surface area contributed by atoms with E-state index in [-0.39, 0.29) is 18.4 Å². The van der Waals surface area contributed by atoms with Crippen LogP contribution < -0.4 is 16.4 Å². The monoisotopic (exact) mass is 343 g/mol. The van der Waals surface area contributed by atoms with Crippen LogP contribution in [0.3, 0.4) is 0 Å². The molecule has 0 aliphatic rings. The van der Waals surface area contributed by atoms with Gasteiger partial charge in [0.1, 0.15) is 5.82 Å². The molecule has 0 radical (unpaired) electrons. The number of amides is 1. The van der Waals surface area contributed by atoms with E-state index in [4.69, 9.17) is 5.73 Å². The highest BCUT2D eigenvalue weighted by Crippen LogP contribution is 2.18. The molecule has 1 aromatic carbocycles. The molecule has 25 heavy (non-hydrogen) atoms. The molecule has 0 aliphatic carbocycles. The van der Waals surface area contributed by atoms with Gasteiger partial charge >= 0.3 is 0 Å². The number of para-hydroxylation sites is 1. The van der Waals surface area contributed by atoms with Crippen molar-refractivity contribution in [3.05, 3.63) is 35.7 Å². The lowest BCUT2D eigenvalue weighted by Crippen LogP contribution is -2.37. The van der Waals surface area contributed by atoms with Gasteiger partial charge in [-0.05, 0) is 32.0 Å². The van der Waals surface area contributed by atoms with Gasteiger partial charge in [-0.2, -0.15) is 15.0 Å². The van der Waals surface area contributed by atoms with Crippen molar-refractivity contribution in [2.24, 2.45) is 0 Å². The molecule has 0 fully saturated rings. The Morgan fingerprint density at radius 1 is 1.20 bits per heavy atom. The van der Waals surface area contributed by atoms with E-state index in [1.807, 2.05) is 49.9 Å². The fraction of sp³-hybridized carbons (Fsp3) is 0.412. The zero-order valence-electron chi connectivity index (χ0n) is 14.9. The predicted molar refractivity (Wildman–Crippen MR) is 98.3 cm³/mol. The van der Waals surface area contributed by atoms with Crippen LogP contribution in [0.2, 0.25) is 0 Å². The van der Waals surface area contributed by atoms with E-state index in [1.54, 1.807) is 0 Å². The third-order valence-electron chi connectivity index (χ3n) is 3.64. The minimum atomic E-state index is -0.0235. The third-order valence-corrected chi connectivity index (χ3v) is 3.64. The van der Waals surface area contributed by atoms with Crippen molar-refractivity contribution in [3.8, 4) is 0 Å². The van der Waals surface area contributed by atoms with E-state index >= 15 is 0 Å². The molecule has 0 atom stereocenters. The fourth-order valence-corrected chi connectivity index (χ4v) is 2.33. The minimum Gasteiger partial charge on any atom is -0.368 e. The highest BCUT2D eigenvalue weighted by molar-refractivity contribution is 5.77. The van der Waals surface area contributed by atoms with E-state index in [0.29, 0.717) is 31.4 Å². The second kappa shape index (κ2) is 8.93. The number of carbonyl (C=O) groups excluding carboxylic acids is 1. The number of hydrogen-bond donors (Lipinski definition) is 3. The van der Waals surface area contributed by atoms with Gasteiger partial charge in [0.2, 0.25) is 17.8 Å². The van der Waals surface area contributed by atoms with Gasteiger partial charge in [0.25, 0.3) is 0 Å². The predicted octanol–water partition coefficient (Wildman–Crippen LogP) is 1.46. The van der Waals surface area contributed by atoms with Crippen molar-refractivity contribution in [3.63, 3.8) is 0 Å². The zero-order valence-corrected chi connectivity index (χ0v) is 14.9. The Bertz CT molecular complexity index is 720. The summed E-state index contributed by atoms with van der Waals surface area (Å²) in [7, 11) is 0. The van der Waals surface area contributed by atoms with Crippen molar-refractivity contribution in [1.29, 1.82) is 0 Å². The van der Waals surface area contributed by atoms with Gasteiger partial charge in [-0.25, -0.2) is 0 Å². The Kier molecular flexibility index (Phi) is 6.64. The quantitative estimate of drug-likeness (QED) is 0.666. The second-order valence-electron chi connectivity index (χ2n) is 5.63. The Morgan fingerprint density at radius 2 is 1.96 bits per heavy atom. The number of nitrogens with two attached hydrogens (primary N) is 1. The lowest BCUT2D eigenvalue weighted by molar-refractivity contribution is -0.122. The van der Waals surface area contributed by atoms with Crippen LogP contribution in [0.15, 0.2) is 24.3 Å². The maximum Gasteiger partial charge on any atom is 0.234 e. The first-order valence-electron chi connectivity index (χ1n) is 8.34. The molecule has 0 saturated carbocycles. The van der Waals surface area contributed by atoms with Crippen LogP contribution >= 0.6 is 0 Å². The van der Waals surface area contributed by atoms with E-state index < -0.39 is 0 Å². The lowest BCUT2D eigenvalue weighted by Gasteiger charge is -2.19. The van der Waals surface area contributed by atoms with Crippen LogP contribution in [0.5, 0.6) is 0 Å². The number of nitrogens with one attached hydrogen (secondary N) is 2. The summed E-state index contributed by atoms with van der Waals surface area (Å²) in [4.78, 5) is 26.5. The van der Waals surface area contributed by atoms with E-state index in [1.165, 1.54) is 0 Å². The fourth-order valence-electron chi connectivity index (χ4n) is 2.33. The molecule has 134 valence electrons. The molecule has 1 heterocycles. The van der Waals surface area contributed by atoms with Crippen LogP contribution in [-0.4, -0.2) is 45.4 Å². The molecule has 0 bridgehead atoms. The van der Waals surface area contributed by atoms with Gasteiger partial charge in [0, 0.05) is 12.2 Å². The normalized spacial score (nSPS) is 10.7. The van der Waals surface area contributed by atoms with Gasteiger partial charge in [0.05, 0.1) is 13.1 Å². The molecular formula is C17H25N7O. The maximum absolute atomic E-state index is 11.8. The standard InChI is InChI=1S/C17H25N7O/c1-4-19-15(25)11-24(5-2)10-14-21-16(18)23-17(22-14)20-13-9-7-6-8-12(13)3/h6-9H,4-5,10-11H2,1-3H3,(H,19,25)(H3,18,20,21,22,23). The smallest absolute Gasteiger partial charge is 0.234 e. The second-order valence-corrected chi connectivity index (χ2v) is 5.63. The molecule has 8 nitrogen and oxygen atoms in total.